The molecule has 1 saturated carbocycles. The molecule has 2 rings (SSSR count). The van der Waals surface area contributed by atoms with Crippen LogP contribution in [0.4, 0.5) is 0 Å². The Hall–Kier alpha value is -0.860. The van der Waals surface area contributed by atoms with Gasteiger partial charge in [-0.1, -0.05) is 36.2 Å². The molecule has 2 atom stereocenters. The number of carbonyl (C=O) groups is 2. The smallest absolute Gasteiger partial charge is 0.143 e. The first-order chi connectivity index (χ1) is 7.99. The average Bonchev–Trinajstić information content (AvgIpc) is 2.24. The van der Waals surface area contributed by atoms with Gasteiger partial charge in [0.1, 0.15) is 11.6 Å². The summed E-state index contributed by atoms with van der Waals surface area (Å²) in [7, 11) is 0. The third-order valence-corrected chi connectivity index (χ3v) is 3.85. The molecule has 17 heavy (non-hydrogen) atoms. The Labute approximate surface area is 110 Å². The van der Waals surface area contributed by atoms with Crippen molar-refractivity contribution in [1.82, 2.24) is 0 Å². The lowest BCUT2D eigenvalue weighted by molar-refractivity contribution is -0.133. The van der Waals surface area contributed by atoms with E-state index in [0.29, 0.717) is 16.5 Å². The van der Waals surface area contributed by atoms with Crippen molar-refractivity contribution in [2.75, 3.05) is 0 Å². The normalized spacial score (nSPS) is 25.1. The van der Waals surface area contributed by atoms with E-state index in [1.165, 1.54) is 0 Å². The molecule has 0 saturated heterocycles. The van der Waals surface area contributed by atoms with Crippen LogP contribution in [-0.4, -0.2) is 11.6 Å². The third-order valence-electron chi connectivity index (χ3n) is 3.29. The van der Waals surface area contributed by atoms with Gasteiger partial charge >= 0.3 is 0 Å². The highest BCUT2D eigenvalue weighted by Crippen LogP contribution is 2.38. The number of benzene rings is 1. The monoisotopic (exact) mass is 270 g/mol. The van der Waals surface area contributed by atoms with Gasteiger partial charge in [-0.25, -0.2) is 0 Å². The predicted octanol–water partition coefficient (Wildman–Crippen LogP) is 3.65. The maximum absolute atomic E-state index is 11.7. The number of carbonyl (C=O) groups excluding carboxylic acids is 2. The minimum absolute atomic E-state index is 0.00253. The summed E-state index contributed by atoms with van der Waals surface area (Å²) in [5.41, 5.74) is 0.838. The van der Waals surface area contributed by atoms with Crippen LogP contribution in [0, 0.1) is 5.92 Å². The van der Waals surface area contributed by atoms with Crippen LogP contribution in [0.3, 0.4) is 0 Å². The van der Waals surface area contributed by atoms with Gasteiger partial charge < -0.3 is 0 Å². The molecule has 0 unspecified atom stereocenters. The van der Waals surface area contributed by atoms with Crippen LogP contribution < -0.4 is 0 Å². The topological polar surface area (TPSA) is 34.1 Å². The Bertz CT molecular complexity index is 482. The van der Waals surface area contributed by atoms with Gasteiger partial charge in [0.15, 0.2) is 0 Å². The maximum atomic E-state index is 11.7. The van der Waals surface area contributed by atoms with Crippen molar-refractivity contribution in [2.24, 2.45) is 5.92 Å². The minimum Gasteiger partial charge on any atom is -0.299 e. The van der Waals surface area contributed by atoms with Gasteiger partial charge in [0.05, 0.1) is 6.42 Å². The van der Waals surface area contributed by atoms with E-state index in [4.69, 9.17) is 23.2 Å². The van der Waals surface area contributed by atoms with Crippen molar-refractivity contribution < 1.29 is 9.59 Å². The van der Waals surface area contributed by atoms with Crippen molar-refractivity contribution in [1.29, 1.82) is 0 Å². The molecular weight excluding hydrogens is 259 g/mol. The lowest BCUT2D eigenvalue weighted by Crippen LogP contribution is -2.30. The Morgan fingerprint density at radius 2 is 1.94 bits per heavy atom. The van der Waals surface area contributed by atoms with Crippen LogP contribution in [0.25, 0.3) is 0 Å². The average molecular weight is 271 g/mol. The Morgan fingerprint density at radius 1 is 1.24 bits per heavy atom. The summed E-state index contributed by atoms with van der Waals surface area (Å²) in [5, 5.41) is 1.08. The second-order valence-corrected chi connectivity index (χ2v) is 5.29. The van der Waals surface area contributed by atoms with Crippen LogP contribution >= 0.6 is 23.2 Å². The first-order valence-corrected chi connectivity index (χ1v) is 6.24. The lowest BCUT2D eigenvalue weighted by atomic mass is 9.75. The Morgan fingerprint density at radius 3 is 2.59 bits per heavy atom. The molecule has 1 aromatic carbocycles. The second-order valence-electron chi connectivity index (χ2n) is 4.45. The van der Waals surface area contributed by atoms with E-state index in [-0.39, 0.29) is 29.8 Å². The number of Topliss-reactive ketones (excluding diaryl/α,β-unsaturated/α-hetero) is 2. The molecule has 0 aliphatic heterocycles. The number of hydrogen-bond acceptors (Lipinski definition) is 2. The lowest BCUT2D eigenvalue weighted by Gasteiger charge is -2.27. The van der Waals surface area contributed by atoms with Crippen LogP contribution in [0.2, 0.25) is 10.0 Å². The summed E-state index contributed by atoms with van der Waals surface area (Å²) in [5.74, 6) is -0.290. The van der Waals surface area contributed by atoms with E-state index < -0.39 is 0 Å². The number of halogens is 2. The molecule has 0 N–H and O–H groups in total. The first-order valence-electron chi connectivity index (χ1n) is 5.48. The Kier molecular flexibility index (Phi) is 3.55. The van der Waals surface area contributed by atoms with E-state index in [2.05, 4.69) is 0 Å². The second kappa shape index (κ2) is 4.79. The highest BCUT2D eigenvalue weighted by atomic mass is 35.5. The number of rotatable bonds is 1. The summed E-state index contributed by atoms with van der Waals surface area (Å²) in [4.78, 5) is 23.2. The van der Waals surface area contributed by atoms with E-state index in [1.54, 1.807) is 18.2 Å². The molecule has 0 aromatic heterocycles. The summed E-state index contributed by atoms with van der Waals surface area (Å²) >= 11 is 11.9. The van der Waals surface area contributed by atoms with Gasteiger partial charge in [-0.05, 0) is 17.7 Å². The van der Waals surface area contributed by atoms with Crippen LogP contribution in [-0.2, 0) is 9.59 Å². The number of hydrogen-bond donors (Lipinski definition) is 0. The summed E-state index contributed by atoms with van der Waals surface area (Å²) in [6.07, 6.45) is 0.442. The van der Waals surface area contributed by atoms with Gasteiger partial charge in [-0.3, -0.25) is 9.59 Å². The van der Waals surface area contributed by atoms with E-state index in [9.17, 15) is 9.59 Å². The van der Waals surface area contributed by atoms with Crippen LogP contribution in [0.15, 0.2) is 18.2 Å². The zero-order valence-electron chi connectivity index (χ0n) is 9.37. The van der Waals surface area contributed by atoms with Crippen molar-refractivity contribution in [3.8, 4) is 0 Å². The summed E-state index contributed by atoms with van der Waals surface area (Å²) in [6.45, 7) is 1.85. The van der Waals surface area contributed by atoms with Crippen molar-refractivity contribution in [3.05, 3.63) is 33.8 Å². The predicted molar refractivity (Wildman–Crippen MR) is 67.6 cm³/mol. The molecule has 1 aliphatic carbocycles. The van der Waals surface area contributed by atoms with E-state index in [1.807, 2.05) is 6.92 Å². The standard InChI is InChI=1S/C13H12Cl2O2/c1-7-11(5-9(16)6-13(7)17)10-3-2-8(14)4-12(10)15/h2-4,7,11H,5-6H2,1H3/t7-,11+/m0/s1. The SMILES string of the molecule is C[C@@H]1C(=O)CC(=O)C[C@H]1c1ccc(Cl)cc1Cl. The van der Waals surface area contributed by atoms with Crippen LogP contribution in [0.1, 0.15) is 31.2 Å². The fourth-order valence-corrected chi connectivity index (χ4v) is 2.80. The van der Waals surface area contributed by atoms with Gasteiger partial charge in [0.25, 0.3) is 0 Å². The van der Waals surface area contributed by atoms with Gasteiger partial charge in [0.2, 0.25) is 0 Å². The van der Waals surface area contributed by atoms with Gasteiger partial charge in [-0.2, -0.15) is 0 Å². The van der Waals surface area contributed by atoms with Crippen LogP contribution in [0.5, 0.6) is 0 Å². The molecule has 90 valence electrons. The molecule has 0 heterocycles. The van der Waals surface area contributed by atoms with Gasteiger partial charge in [-0.15, -0.1) is 0 Å². The van der Waals surface area contributed by atoms with Crippen molar-refractivity contribution in [3.63, 3.8) is 0 Å². The van der Waals surface area contributed by atoms with Crippen molar-refractivity contribution in [2.45, 2.75) is 25.7 Å². The van der Waals surface area contributed by atoms with Crippen molar-refractivity contribution >= 4 is 34.8 Å². The largest absolute Gasteiger partial charge is 0.299 e. The molecule has 4 heteroatoms. The fourth-order valence-electron chi connectivity index (χ4n) is 2.26. The molecule has 0 amide bonds. The molecular formula is C13H12Cl2O2. The zero-order valence-corrected chi connectivity index (χ0v) is 10.9. The highest BCUT2D eigenvalue weighted by molar-refractivity contribution is 6.35. The fraction of sp³-hybridized carbons (Fsp3) is 0.385. The van der Waals surface area contributed by atoms with Gasteiger partial charge in [0, 0.05) is 28.3 Å². The number of ketones is 2. The maximum Gasteiger partial charge on any atom is 0.143 e. The zero-order chi connectivity index (χ0) is 12.6. The van der Waals surface area contributed by atoms with E-state index in [0.717, 1.165) is 5.56 Å². The molecule has 1 aliphatic rings. The first kappa shape index (κ1) is 12.6. The molecule has 1 fully saturated rings. The molecule has 2 nitrogen and oxygen atoms in total. The summed E-state index contributed by atoms with van der Waals surface area (Å²) in [6, 6.07) is 5.19. The molecule has 0 spiro atoms. The minimum atomic E-state index is -0.161. The Balaban J connectivity index is 2.37. The molecule has 1 aromatic rings. The summed E-state index contributed by atoms with van der Waals surface area (Å²) < 4.78 is 0. The highest BCUT2D eigenvalue weighted by Gasteiger charge is 2.34. The van der Waals surface area contributed by atoms with E-state index >= 15 is 0 Å². The molecule has 0 bridgehead atoms. The third kappa shape index (κ3) is 2.53. The quantitative estimate of drug-likeness (QED) is 0.731. The molecule has 0 radical (unpaired) electrons.